The first-order valence-corrected chi connectivity index (χ1v) is 18.8. The number of likely N-dealkylation sites (N-methyl/N-ethyl adjacent to an activating group) is 1. The molecule has 0 saturated carbocycles. The van der Waals surface area contributed by atoms with Crippen LogP contribution in [0.3, 0.4) is 0 Å². The number of aliphatic hydroxyl groups is 1. The fourth-order valence-corrected chi connectivity index (χ4v) is 6.07. The molecule has 1 aliphatic heterocycles. The number of benzene rings is 1. The van der Waals surface area contributed by atoms with E-state index in [0.29, 0.717) is 19.3 Å². The van der Waals surface area contributed by atoms with Gasteiger partial charge in [-0.05, 0) is 83.9 Å². The second-order valence-corrected chi connectivity index (χ2v) is 14.9. The van der Waals surface area contributed by atoms with Gasteiger partial charge in [0, 0.05) is 25.9 Å². The van der Waals surface area contributed by atoms with Crippen LogP contribution in [0.4, 0.5) is 0 Å². The highest BCUT2D eigenvalue weighted by Crippen LogP contribution is 2.23. The summed E-state index contributed by atoms with van der Waals surface area (Å²) < 4.78 is 0. The molecule has 6 unspecified atom stereocenters. The van der Waals surface area contributed by atoms with Crippen molar-refractivity contribution in [1.82, 2.24) is 26.0 Å². The van der Waals surface area contributed by atoms with Gasteiger partial charge in [0.15, 0.2) is 0 Å². The maximum absolute atomic E-state index is 13.9. The lowest BCUT2D eigenvalue weighted by Crippen LogP contribution is -2.62. The van der Waals surface area contributed by atoms with Crippen molar-refractivity contribution in [2.75, 3.05) is 27.2 Å². The fraction of sp³-hybridized carbons (Fsp3) is 0.585. The number of Topliss-reactive ketones (excluding diaryl/α,β-unsaturated/α-hetero) is 1. The van der Waals surface area contributed by atoms with E-state index in [1.54, 1.807) is 13.8 Å². The summed E-state index contributed by atoms with van der Waals surface area (Å²) in [4.78, 5) is 67.2. The minimum atomic E-state index is -1.08. The zero-order valence-electron chi connectivity index (χ0n) is 32.7. The van der Waals surface area contributed by atoms with Crippen molar-refractivity contribution in [1.29, 1.82) is 0 Å². The number of amides is 3. The summed E-state index contributed by atoms with van der Waals surface area (Å²) >= 11 is 0. The van der Waals surface area contributed by atoms with E-state index in [1.807, 2.05) is 69.6 Å². The molecule has 0 radical (unpaired) electrons. The summed E-state index contributed by atoms with van der Waals surface area (Å²) in [5.41, 5.74) is 4.90. The zero-order valence-corrected chi connectivity index (χ0v) is 32.7. The van der Waals surface area contributed by atoms with Crippen LogP contribution in [0.1, 0.15) is 85.1 Å². The average molecular weight is 738 g/mol. The molecule has 53 heavy (non-hydrogen) atoms. The maximum atomic E-state index is 13.9. The molecule has 1 aromatic carbocycles. The Balaban J connectivity index is 2.16. The Kier molecular flexibility index (Phi) is 20.0. The summed E-state index contributed by atoms with van der Waals surface area (Å²) in [7, 11) is 4.08. The van der Waals surface area contributed by atoms with Crippen LogP contribution < -0.4 is 16.1 Å². The Morgan fingerprint density at radius 3 is 2.28 bits per heavy atom. The molecule has 5 N–H and O–H groups in total. The van der Waals surface area contributed by atoms with Gasteiger partial charge >= 0.3 is 5.97 Å². The van der Waals surface area contributed by atoms with Gasteiger partial charge in [0.25, 0.3) is 5.91 Å². The number of hydrazine groups is 1. The van der Waals surface area contributed by atoms with Crippen LogP contribution in [0.25, 0.3) is 0 Å². The highest BCUT2D eigenvalue weighted by Gasteiger charge is 2.37. The summed E-state index contributed by atoms with van der Waals surface area (Å²) in [6.45, 7) is 10.1. The van der Waals surface area contributed by atoms with Crippen LogP contribution in [0, 0.1) is 17.8 Å². The van der Waals surface area contributed by atoms with Crippen LogP contribution in [0.5, 0.6) is 0 Å². The molecule has 294 valence electrons. The summed E-state index contributed by atoms with van der Waals surface area (Å²) in [6, 6.07) is 6.12. The molecule has 1 saturated heterocycles. The highest BCUT2D eigenvalue weighted by molar-refractivity contribution is 5.93. The van der Waals surface area contributed by atoms with E-state index >= 15 is 0 Å². The Morgan fingerprint density at radius 2 is 1.66 bits per heavy atom. The molecule has 3 amide bonds. The number of aliphatic hydroxyl groups excluding tert-OH is 1. The smallest absolute Gasteiger partial charge is 0.322 e. The van der Waals surface area contributed by atoms with Gasteiger partial charge in [-0.25, -0.2) is 5.43 Å². The molecule has 12 heteroatoms. The average Bonchev–Trinajstić information content (AvgIpc) is 3.11. The number of hydrogen-bond acceptors (Lipinski definition) is 8. The van der Waals surface area contributed by atoms with E-state index in [9.17, 15) is 34.2 Å². The van der Waals surface area contributed by atoms with Crippen molar-refractivity contribution in [2.45, 2.75) is 110 Å². The Hall–Kier alpha value is -4.13. The van der Waals surface area contributed by atoms with E-state index in [1.165, 1.54) is 17.5 Å². The van der Waals surface area contributed by atoms with Crippen molar-refractivity contribution in [3.05, 3.63) is 71.8 Å². The minimum absolute atomic E-state index is 0.0925. The van der Waals surface area contributed by atoms with E-state index in [-0.39, 0.29) is 43.4 Å². The fourth-order valence-electron chi connectivity index (χ4n) is 6.07. The van der Waals surface area contributed by atoms with Crippen molar-refractivity contribution in [2.24, 2.45) is 17.8 Å². The summed E-state index contributed by atoms with van der Waals surface area (Å²) in [6.07, 6.45) is 12.7. The normalized spacial score (nSPS) is 18.2. The van der Waals surface area contributed by atoms with Crippen LogP contribution in [-0.4, -0.2) is 101 Å². The standard InChI is InChI=1S/C41H63N5O7/c1-28(2)36(39(50)42-35(27-32-19-14-11-15-20-32)40(51)46-25-16-21-34(44-46)41(52)53)43-38(49)33(23-22-31(5)47)37(48)30(4)18-13-10-8-9-12-17-29(3)24-26-45(6)7/h8-11,13-15,19-20,24,28,30,33-37,44,48H,12,16-18,21-23,25-27H2,1-7H3,(H,42,50)(H,43,49)(H,52,53)/b9-8+,13-10+,29-24+. The highest BCUT2D eigenvalue weighted by atomic mass is 16.4. The maximum Gasteiger partial charge on any atom is 0.322 e. The molecule has 12 nitrogen and oxygen atoms in total. The van der Waals surface area contributed by atoms with E-state index in [0.717, 1.165) is 24.9 Å². The lowest BCUT2D eigenvalue weighted by atomic mass is 9.85. The number of nitrogens with one attached hydrogen (secondary N) is 3. The molecule has 0 bridgehead atoms. The van der Waals surface area contributed by atoms with Gasteiger partial charge in [0.05, 0.1) is 12.0 Å². The number of aliphatic carboxylic acids is 1. The summed E-state index contributed by atoms with van der Waals surface area (Å²) in [5.74, 6) is -4.45. The topological polar surface area (TPSA) is 168 Å². The van der Waals surface area contributed by atoms with E-state index in [2.05, 4.69) is 40.0 Å². The first-order chi connectivity index (χ1) is 25.1. The molecule has 1 fully saturated rings. The predicted molar refractivity (Wildman–Crippen MR) is 207 cm³/mol. The number of ketones is 1. The Bertz CT molecular complexity index is 1420. The quantitative estimate of drug-likeness (QED) is 0.0865. The molecule has 1 aromatic rings. The molecular formula is C41H63N5O7. The number of nitrogens with zero attached hydrogens (tertiary/aromatic N) is 2. The molecule has 1 heterocycles. The zero-order chi connectivity index (χ0) is 39.5. The molecule has 1 aliphatic rings. The third-order valence-corrected chi connectivity index (χ3v) is 9.44. The molecule has 0 aromatic heterocycles. The number of carbonyl (C=O) groups excluding carboxylic acids is 4. The third-order valence-electron chi connectivity index (χ3n) is 9.44. The van der Waals surface area contributed by atoms with Crippen molar-refractivity contribution in [3.8, 4) is 0 Å². The number of carbonyl (C=O) groups is 5. The van der Waals surface area contributed by atoms with Gasteiger partial charge in [-0.15, -0.1) is 0 Å². The second kappa shape index (κ2) is 23.5. The largest absolute Gasteiger partial charge is 0.480 e. The minimum Gasteiger partial charge on any atom is -0.480 e. The lowest BCUT2D eigenvalue weighted by molar-refractivity contribution is -0.148. The van der Waals surface area contributed by atoms with Crippen molar-refractivity contribution < 1.29 is 34.2 Å². The lowest BCUT2D eigenvalue weighted by Gasteiger charge is -2.35. The van der Waals surface area contributed by atoms with Crippen LogP contribution in [0.2, 0.25) is 0 Å². The third kappa shape index (κ3) is 16.6. The van der Waals surface area contributed by atoms with Gasteiger partial charge in [-0.1, -0.05) is 87.1 Å². The van der Waals surface area contributed by atoms with Crippen molar-refractivity contribution in [3.63, 3.8) is 0 Å². The van der Waals surface area contributed by atoms with E-state index < -0.39 is 53.8 Å². The van der Waals surface area contributed by atoms with Crippen LogP contribution in [-0.2, 0) is 30.4 Å². The van der Waals surface area contributed by atoms with Crippen LogP contribution in [0.15, 0.2) is 66.3 Å². The first-order valence-electron chi connectivity index (χ1n) is 18.8. The van der Waals surface area contributed by atoms with Gasteiger partial charge < -0.3 is 30.5 Å². The molecular weight excluding hydrogens is 674 g/mol. The monoisotopic (exact) mass is 737 g/mol. The number of carboxylic acid groups (broad SMARTS) is 1. The molecule has 2 rings (SSSR count). The molecule has 0 aliphatic carbocycles. The van der Waals surface area contributed by atoms with Gasteiger partial charge in [-0.3, -0.25) is 24.2 Å². The Labute approximate surface area is 316 Å². The predicted octanol–water partition coefficient (Wildman–Crippen LogP) is 4.21. The van der Waals surface area contributed by atoms with Crippen molar-refractivity contribution >= 4 is 29.5 Å². The number of allylic oxidation sites excluding steroid dienone is 5. The van der Waals surface area contributed by atoms with Gasteiger partial charge in [0.2, 0.25) is 11.8 Å². The summed E-state index contributed by atoms with van der Waals surface area (Å²) in [5, 5.41) is 27.8. The van der Waals surface area contributed by atoms with E-state index in [4.69, 9.17) is 0 Å². The van der Waals surface area contributed by atoms with Gasteiger partial charge in [0.1, 0.15) is 23.9 Å². The second-order valence-electron chi connectivity index (χ2n) is 14.9. The Morgan fingerprint density at radius 1 is 0.981 bits per heavy atom. The first kappa shape index (κ1) is 45.0. The number of hydrogen-bond donors (Lipinski definition) is 5. The number of carboxylic acids is 1. The molecule has 6 atom stereocenters. The van der Waals surface area contributed by atoms with Crippen LogP contribution >= 0.6 is 0 Å². The molecule has 0 spiro atoms. The van der Waals surface area contributed by atoms with Gasteiger partial charge in [-0.2, -0.15) is 0 Å². The number of rotatable bonds is 22. The SMILES string of the molecule is CC(=O)CCC(C(=O)NC(C(=O)NC(Cc1ccccc1)C(=O)N1CCCC(C(=O)O)N1)C(C)C)C(O)C(C)C/C=C/C=C/CC/C(C)=C/CN(C)C.